The van der Waals surface area contributed by atoms with E-state index in [1.807, 2.05) is 0 Å². The molecule has 0 fully saturated rings. The van der Waals surface area contributed by atoms with Crippen LogP contribution in [-0.4, -0.2) is 20.3 Å². The number of benzene rings is 1. The summed E-state index contributed by atoms with van der Waals surface area (Å²) < 4.78 is 101. The highest BCUT2D eigenvalue weighted by Gasteiger charge is 2.47. The van der Waals surface area contributed by atoms with Gasteiger partial charge in [0, 0.05) is 0 Å². The molecule has 0 aliphatic rings. The van der Waals surface area contributed by atoms with E-state index >= 15 is 0 Å². The van der Waals surface area contributed by atoms with Gasteiger partial charge in [-0.15, -0.1) is 0 Å². The summed E-state index contributed by atoms with van der Waals surface area (Å²) in [6.07, 6.45) is -10.2. The molecule has 1 N–H and O–H groups in total. The van der Waals surface area contributed by atoms with Gasteiger partial charge in [-0.3, -0.25) is 0 Å². The Bertz CT molecular complexity index is 593. The first-order valence-electron chi connectivity index (χ1n) is 5.61. The lowest BCUT2D eigenvalue weighted by Crippen LogP contribution is -2.39. The van der Waals surface area contributed by atoms with E-state index in [9.17, 15) is 34.8 Å². The van der Waals surface area contributed by atoms with Gasteiger partial charge in [-0.25, -0.2) is 8.42 Å². The molecule has 1 rings (SSSR count). The second-order valence-corrected chi connectivity index (χ2v) is 6.12. The summed E-state index contributed by atoms with van der Waals surface area (Å²) >= 11 is 0. The van der Waals surface area contributed by atoms with E-state index in [-0.39, 0.29) is 0 Å². The normalized spacial score (nSPS) is 15.0. The van der Waals surface area contributed by atoms with Gasteiger partial charge in [-0.2, -0.15) is 31.1 Å². The Labute approximate surface area is 117 Å². The Morgan fingerprint density at radius 2 is 1.62 bits per heavy atom. The minimum absolute atomic E-state index is 0.467. The molecule has 0 saturated heterocycles. The van der Waals surface area contributed by atoms with E-state index in [1.165, 1.54) is 4.72 Å². The van der Waals surface area contributed by atoms with Crippen molar-refractivity contribution in [2.24, 2.45) is 0 Å². The van der Waals surface area contributed by atoms with Crippen LogP contribution in [-0.2, 0) is 16.2 Å². The number of nitrogens with one attached hydrogen (secondary N) is 1. The Morgan fingerprint density at radius 3 is 2.05 bits per heavy atom. The first-order valence-corrected chi connectivity index (χ1v) is 7.26. The van der Waals surface area contributed by atoms with E-state index in [0.29, 0.717) is 12.1 Å². The first-order chi connectivity index (χ1) is 9.38. The molecule has 1 atom stereocenters. The molecule has 1 aromatic carbocycles. The molecule has 0 aliphatic heterocycles. The van der Waals surface area contributed by atoms with Gasteiger partial charge < -0.3 is 0 Å². The van der Waals surface area contributed by atoms with E-state index in [0.717, 1.165) is 19.1 Å². The molecular formula is C11H11F6NO2S. The van der Waals surface area contributed by atoms with Gasteiger partial charge in [-0.05, 0) is 18.6 Å². The predicted octanol–water partition coefficient (Wildman–Crippen LogP) is 3.25. The zero-order valence-corrected chi connectivity index (χ0v) is 11.4. The zero-order chi connectivity index (χ0) is 16.5. The molecular weight excluding hydrogens is 324 g/mol. The highest BCUT2D eigenvalue weighted by molar-refractivity contribution is 7.89. The molecule has 0 spiro atoms. The Hall–Kier alpha value is -1.29. The summed E-state index contributed by atoms with van der Waals surface area (Å²) in [4.78, 5) is 0. The van der Waals surface area contributed by atoms with Gasteiger partial charge in [0.25, 0.3) is 0 Å². The SMILES string of the molecule is CCS(=O)(=O)N[C@H](c1ccccc1C(F)(F)F)C(F)(F)F. The van der Waals surface area contributed by atoms with E-state index in [1.54, 1.807) is 0 Å². The maximum Gasteiger partial charge on any atom is 0.416 e. The second kappa shape index (κ2) is 5.84. The molecule has 0 bridgehead atoms. The number of halogens is 6. The first kappa shape index (κ1) is 17.8. The molecule has 0 heterocycles. The van der Waals surface area contributed by atoms with Crippen molar-refractivity contribution in [1.82, 2.24) is 4.72 Å². The monoisotopic (exact) mass is 335 g/mol. The number of hydrogen-bond donors (Lipinski definition) is 1. The summed E-state index contributed by atoms with van der Waals surface area (Å²) in [5, 5.41) is 0. The quantitative estimate of drug-likeness (QED) is 0.859. The zero-order valence-electron chi connectivity index (χ0n) is 10.6. The maximum atomic E-state index is 12.9. The van der Waals surface area contributed by atoms with Crippen LogP contribution in [0.25, 0.3) is 0 Å². The van der Waals surface area contributed by atoms with Crippen LogP contribution in [0, 0.1) is 0 Å². The Balaban J connectivity index is 3.43. The highest BCUT2D eigenvalue weighted by Crippen LogP contribution is 2.40. The van der Waals surface area contributed by atoms with E-state index in [2.05, 4.69) is 0 Å². The summed E-state index contributed by atoms with van der Waals surface area (Å²) in [5.74, 6) is -0.687. The van der Waals surface area contributed by atoms with Gasteiger partial charge in [0.1, 0.15) is 6.04 Å². The third-order valence-corrected chi connectivity index (χ3v) is 3.94. The standard InChI is InChI=1S/C11H11F6NO2S/c1-2-21(19,20)18-9(11(15,16)17)7-5-3-4-6-8(7)10(12,13)14/h3-6,9,18H,2H2,1H3/t9-/m1/s1. The fraction of sp³-hybridized carbons (Fsp3) is 0.455. The third-order valence-electron chi connectivity index (χ3n) is 2.58. The van der Waals surface area contributed by atoms with Gasteiger partial charge in [0.2, 0.25) is 10.0 Å². The molecule has 21 heavy (non-hydrogen) atoms. The average molecular weight is 335 g/mol. The highest BCUT2D eigenvalue weighted by atomic mass is 32.2. The average Bonchev–Trinajstić information content (AvgIpc) is 2.34. The van der Waals surface area contributed by atoms with Gasteiger partial charge >= 0.3 is 12.4 Å². The number of rotatable bonds is 4. The minimum atomic E-state index is -5.20. The summed E-state index contributed by atoms with van der Waals surface area (Å²) in [7, 11) is -4.35. The van der Waals surface area contributed by atoms with Gasteiger partial charge in [-0.1, -0.05) is 18.2 Å². The lowest BCUT2D eigenvalue weighted by atomic mass is 10.0. The fourth-order valence-corrected chi connectivity index (χ4v) is 2.36. The molecule has 1 aromatic rings. The van der Waals surface area contributed by atoms with Crippen LogP contribution >= 0.6 is 0 Å². The van der Waals surface area contributed by atoms with E-state index < -0.39 is 45.3 Å². The van der Waals surface area contributed by atoms with Crippen molar-refractivity contribution in [3.63, 3.8) is 0 Å². The number of alkyl halides is 6. The third kappa shape index (κ3) is 4.60. The summed E-state index contributed by atoms with van der Waals surface area (Å²) in [6.45, 7) is 1.07. The molecule has 3 nitrogen and oxygen atoms in total. The topological polar surface area (TPSA) is 46.2 Å². The van der Waals surface area contributed by atoms with Crippen LogP contribution in [0.1, 0.15) is 24.1 Å². The molecule has 0 aromatic heterocycles. The molecule has 0 unspecified atom stereocenters. The molecule has 0 amide bonds. The van der Waals surface area contributed by atoms with Crippen molar-refractivity contribution in [1.29, 1.82) is 0 Å². The number of hydrogen-bond acceptors (Lipinski definition) is 2. The fourth-order valence-electron chi connectivity index (χ4n) is 1.58. The van der Waals surface area contributed by atoms with E-state index in [4.69, 9.17) is 0 Å². The molecule has 0 radical (unpaired) electrons. The van der Waals surface area contributed by atoms with Crippen LogP contribution in [0.4, 0.5) is 26.3 Å². The van der Waals surface area contributed by atoms with Gasteiger partial charge in [0.15, 0.2) is 0 Å². The van der Waals surface area contributed by atoms with Crippen molar-refractivity contribution < 1.29 is 34.8 Å². The largest absolute Gasteiger partial charge is 0.416 e. The second-order valence-electron chi connectivity index (χ2n) is 4.08. The number of sulfonamides is 1. The molecule has 10 heteroatoms. The van der Waals surface area contributed by atoms with Crippen LogP contribution < -0.4 is 4.72 Å². The molecule has 120 valence electrons. The Kier molecular flexibility index (Phi) is 4.94. The van der Waals surface area contributed by atoms with Crippen LogP contribution in [0.5, 0.6) is 0 Å². The summed E-state index contributed by atoms with van der Waals surface area (Å²) in [6, 6.07) is 0.00533. The lowest BCUT2D eigenvalue weighted by molar-refractivity contribution is -0.158. The lowest BCUT2D eigenvalue weighted by Gasteiger charge is -2.24. The van der Waals surface area contributed by atoms with Crippen LogP contribution in [0.3, 0.4) is 0 Å². The molecule has 0 saturated carbocycles. The van der Waals surface area contributed by atoms with Crippen LogP contribution in [0.15, 0.2) is 24.3 Å². The maximum absolute atomic E-state index is 12.9. The molecule has 0 aliphatic carbocycles. The van der Waals surface area contributed by atoms with Crippen molar-refractivity contribution in [3.05, 3.63) is 35.4 Å². The van der Waals surface area contributed by atoms with Crippen LogP contribution in [0.2, 0.25) is 0 Å². The predicted molar refractivity (Wildman–Crippen MR) is 62.8 cm³/mol. The Morgan fingerprint density at radius 1 is 1.10 bits per heavy atom. The van der Waals surface area contributed by atoms with Crippen molar-refractivity contribution in [2.45, 2.75) is 25.3 Å². The van der Waals surface area contributed by atoms with Gasteiger partial charge in [0.05, 0.1) is 11.3 Å². The van der Waals surface area contributed by atoms with Crippen molar-refractivity contribution in [2.75, 3.05) is 5.75 Å². The summed E-state index contributed by atoms with van der Waals surface area (Å²) in [5.41, 5.74) is -2.72. The minimum Gasteiger partial charge on any atom is -0.212 e. The van der Waals surface area contributed by atoms with Crippen molar-refractivity contribution >= 4 is 10.0 Å². The van der Waals surface area contributed by atoms with Crippen molar-refractivity contribution in [3.8, 4) is 0 Å². The smallest absolute Gasteiger partial charge is 0.212 e.